The number of unbranched alkanes of at least 4 members (excludes halogenated alkanes) is 6. The SMILES string of the molecule is O=C(N(CCCCCCO)CCCCCCO)C(F)(F)C(F)(F)C(F)(F)C(F)(F)C(F)(F)C(F)(F)C(F)(F)F. The monoisotopic (exact) mass is 613 g/mol. The number of alkyl halides is 15. The zero-order valence-corrected chi connectivity index (χ0v) is 19.9. The summed E-state index contributed by atoms with van der Waals surface area (Å²) < 4.78 is 201. The number of carbonyl (C=O) groups excluding carboxylic acids is 1. The number of hydrogen-bond donors (Lipinski definition) is 2. The lowest BCUT2D eigenvalue weighted by Crippen LogP contribution is -2.74. The van der Waals surface area contributed by atoms with Gasteiger partial charge in [-0.25, -0.2) is 0 Å². The molecule has 1 amide bonds. The van der Waals surface area contributed by atoms with Crippen LogP contribution in [0.4, 0.5) is 65.9 Å². The van der Waals surface area contributed by atoms with Crippen molar-refractivity contribution in [3.8, 4) is 0 Å². The third-order valence-corrected chi connectivity index (χ3v) is 5.56. The van der Waals surface area contributed by atoms with Gasteiger partial charge in [0.1, 0.15) is 0 Å². The molecule has 0 atom stereocenters. The number of aliphatic hydroxyl groups is 2. The summed E-state index contributed by atoms with van der Waals surface area (Å²) in [7, 11) is 0. The van der Waals surface area contributed by atoms with Crippen LogP contribution in [0, 0.1) is 0 Å². The lowest BCUT2D eigenvalue weighted by molar-refractivity contribution is -0.449. The van der Waals surface area contributed by atoms with Crippen LogP contribution in [0.25, 0.3) is 0 Å². The van der Waals surface area contributed by atoms with Gasteiger partial charge in [-0.05, 0) is 25.7 Å². The molecule has 0 aliphatic heterocycles. The number of hydrogen-bond acceptors (Lipinski definition) is 3. The summed E-state index contributed by atoms with van der Waals surface area (Å²) in [6, 6.07) is 0. The van der Waals surface area contributed by atoms with Gasteiger partial charge in [-0.15, -0.1) is 0 Å². The molecule has 0 saturated carbocycles. The molecule has 4 nitrogen and oxygen atoms in total. The summed E-state index contributed by atoms with van der Waals surface area (Å²) in [6.45, 7) is -2.42. The predicted octanol–water partition coefficient (Wildman–Crippen LogP) is 6.29. The standard InChI is InChI=1S/C20H26F15NO3/c21-14(22,13(39)36(9-5-1-3-7-11-37)10-6-2-4-8-12-38)15(23,24)16(25,26)17(27,28)18(29,30)19(31,32)20(33,34)35/h37-38H,1-12H2. The molecular weight excluding hydrogens is 587 g/mol. The minimum atomic E-state index is -8.45. The molecule has 0 fully saturated rings. The Kier molecular flexibility index (Phi) is 12.8. The molecule has 0 spiro atoms. The Balaban J connectivity index is 6.29. The number of nitrogens with zero attached hydrogens (tertiary/aromatic N) is 1. The van der Waals surface area contributed by atoms with Gasteiger partial charge in [-0.1, -0.05) is 25.7 Å². The Morgan fingerprint density at radius 2 is 0.769 bits per heavy atom. The maximum Gasteiger partial charge on any atom is 0.460 e. The van der Waals surface area contributed by atoms with Crippen LogP contribution in [0.2, 0.25) is 0 Å². The Morgan fingerprint density at radius 3 is 1.10 bits per heavy atom. The van der Waals surface area contributed by atoms with Crippen molar-refractivity contribution in [1.29, 1.82) is 0 Å². The molecule has 0 bridgehead atoms. The van der Waals surface area contributed by atoms with E-state index in [2.05, 4.69) is 0 Å². The van der Waals surface area contributed by atoms with Gasteiger partial charge in [0.15, 0.2) is 0 Å². The van der Waals surface area contributed by atoms with Crippen molar-refractivity contribution in [3.63, 3.8) is 0 Å². The Labute approximate surface area is 212 Å². The first-order valence-electron chi connectivity index (χ1n) is 11.3. The molecule has 19 heteroatoms. The molecule has 0 heterocycles. The molecule has 234 valence electrons. The van der Waals surface area contributed by atoms with E-state index in [-0.39, 0.29) is 69.5 Å². The van der Waals surface area contributed by atoms with Crippen molar-refractivity contribution in [3.05, 3.63) is 0 Å². The first kappa shape index (κ1) is 37.3. The summed E-state index contributed by atoms with van der Waals surface area (Å²) in [5.41, 5.74) is 0. The van der Waals surface area contributed by atoms with Crippen LogP contribution in [0.15, 0.2) is 0 Å². The van der Waals surface area contributed by atoms with E-state index in [4.69, 9.17) is 10.2 Å². The highest BCUT2D eigenvalue weighted by Crippen LogP contribution is 2.62. The number of carbonyl (C=O) groups is 1. The first-order chi connectivity index (χ1) is 17.4. The second-order valence-corrected chi connectivity index (χ2v) is 8.51. The zero-order chi connectivity index (χ0) is 31.1. The first-order valence-corrected chi connectivity index (χ1v) is 11.3. The van der Waals surface area contributed by atoms with E-state index >= 15 is 0 Å². The van der Waals surface area contributed by atoms with Crippen LogP contribution >= 0.6 is 0 Å². The maximum absolute atomic E-state index is 14.4. The normalized spacial score (nSPS) is 14.6. The summed E-state index contributed by atoms with van der Waals surface area (Å²) in [6.07, 6.45) is -7.44. The van der Waals surface area contributed by atoms with Crippen LogP contribution in [-0.4, -0.2) is 89.0 Å². The van der Waals surface area contributed by atoms with Crippen LogP contribution in [0.3, 0.4) is 0 Å². The van der Waals surface area contributed by atoms with Crippen LogP contribution in [-0.2, 0) is 4.79 Å². The average Bonchev–Trinajstić information content (AvgIpc) is 2.80. The van der Waals surface area contributed by atoms with Gasteiger partial charge in [-0.2, -0.15) is 65.9 Å². The van der Waals surface area contributed by atoms with Crippen molar-refractivity contribution in [2.24, 2.45) is 0 Å². The van der Waals surface area contributed by atoms with Crippen molar-refractivity contribution < 1.29 is 80.9 Å². The molecule has 0 aliphatic rings. The summed E-state index contributed by atoms with van der Waals surface area (Å²) >= 11 is 0. The van der Waals surface area contributed by atoms with E-state index in [0.717, 1.165) is 0 Å². The lowest BCUT2D eigenvalue weighted by atomic mass is 9.90. The van der Waals surface area contributed by atoms with Crippen LogP contribution < -0.4 is 0 Å². The van der Waals surface area contributed by atoms with Crippen LogP contribution in [0.5, 0.6) is 0 Å². The van der Waals surface area contributed by atoms with Gasteiger partial charge in [0.2, 0.25) is 0 Å². The molecule has 0 aromatic heterocycles. The number of halogens is 15. The molecule has 0 aromatic rings. The van der Waals surface area contributed by atoms with E-state index in [1.807, 2.05) is 0 Å². The molecule has 0 saturated heterocycles. The highest BCUT2D eigenvalue weighted by atomic mass is 19.4. The second-order valence-electron chi connectivity index (χ2n) is 8.51. The third-order valence-electron chi connectivity index (χ3n) is 5.56. The molecule has 2 N–H and O–H groups in total. The third kappa shape index (κ3) is 7.35. The van der Waals surface area contributed by atoms with E-state index < -0.39 is 60.7 Å². The van der Waals surface area contributed by atoms with Gasteiger partial charge < -0.3 is 15.1 Å². The average molecular weight is 613 g/mol. The Hall–Kier alpha value is -1.66. The number of amides is 1. The fourth-order valence-electron chi connectivity index (χ4n) is 3.15. The van der Waals surface area contributed by atoms with E-state index in [9.17, 15) is 70.7 Å². The highest BCUT2D eigenvalue weighted by Gasteiger charge is 2.94. The molecular formula is C20H26F15NO3. The van der Waals surface area contributed by atoms with Crippen LogP contribution in [0.1, 0.15) is 51.4 Å². The fraction of sp³-hybridized carbons (Fsp3) is 0.950. The van der Waals surface area contributed by atoms with E-state index in [1.165, 1.54) is 0 Å². The van der Waals surface area contributed by atoms with Crippen molar-refractivity contribution in [1.82, 2.24) is 4.90 Å². The molecule has 0 unspecified atom stereocenters. The molecule has 39 heavy (non-hydrogen) atoms. The van der Waals surface area contributed by atoms with Gasteiger partial charge in [0.05, 0.1) is 0 Å². The van der Waals surface area contributed by atoms with Crippen molar-refractivity contribution in [2.75, 3.05) is 26.3 Å². The van der Waals surface area contributed by atoms with E-state index in [0.29, 0.717) is 0 Å². The molecule has 0 aromatic carbocycles. The van der Waals surface area contributed by atoms with Gasteiger partial charge in [-0.3, -0.25) is 4.79 Å². The number of rotatable bonds is 18. The highest BCUT2D eigenvalue weighted by molar-refractivity contribution is 5.85. The van der Waals surface area contributed by atoms with Crippen molar-refractivity contribution in [2.45, 2.75) is 93.1 Å². The topological polar surface area (TPSA) is 60.8 Å². The molecule has 0 rings (SSSR count). The minimum Gasteiger partial charge on any atom is -0.396 e. The second kappa shape index (κ2) is 13.3. The number of aliphatic hydroxyl groups excluding tert-OH is 2. The summed E-state index contributed by atoms with van der Waals surface area (Å²) in [5, 5.41) is 17.4. The smallest absolute Gasteiger partial charge is 0.396 e. The summed E-state index contributed by atoms with van der Waals surface area (Å²) in [4.78, 5) is 12.0. The van der Waals surface area contributed by atoms with E-state index in [1.54, 1.807) is 0 Å². The van der Waals surface area contributed by atoms with Gasteiger partial charge >= 0.3 is 41.7 Å². The lowest BCUT2D eigenvalue weighted by Gasteiger charge is -2.41. The van der Waals surface area contributed by atoms with Gasteiger partial charge in [0.25, 0.3) is 5.91 Å². The quantitative estimate of drug-likeness (QED) is 0.141. The molecule has 0 aliphatic carbocycles. The summed E-state index contributed by atoms with van der Waals surface area (Å²) in [5.74, 6) is -51.4. The zero-order valence-electron chi connectivity index (χ0n) is 19.9. The fourth-order valence-corrected chi connectivity index (χ4v) is 3.15. The Bertz CT molecular complexity index is 758. The Morgan fingerprint density at radius 1 is 0.462 bits per heavy atom. The predicted molar refractivity (Wildman–Crippen MR) is 103 cm³/mol. The molecule has 0 radical (unpaired) electrons. The minimum absolute atomic E-state index is 0.0454. The largest absolute Gasteiger partial charge is 0.460 e. The maximum atomic E-state index is 14.4. The van der Waals surface area contributed by atoms with Gasteiger partial charge in [0, 0.05) is 26.3 Å². The van der Waals surface area contributed by atoms with Crippen molar-refractivity contribution >= 4 is 5.91 Å².